The molecule has 0 saturated heterocycles. The number of rotatable bonds is 3. The van der Waals surface area contributed by atoms with E-state index in [9.17, 15) is 19.4 Å². The van der Waals surface area contributed by atoms with Crippen LogP contribution in [0.25, 0.3) is 0 Å². The Hall–Kier alpha value is -0.980. The summed E-state index contributed by atoms with van der Waals surface area (Å²) in [5.41, 5.74) is 5.01. The van der Waals surface area contributed by atoms with E-state index in [0.717, 1.165) is 12.1 Å². The van der Waals surface area contributed by atoms with Crippen molar-refractivity contribution in [2.45, 2.75) is 12.2 Å². The first-order valence-corrected chi connectivity index (χ1v) is 4.83. The van der Waals surface area contributed by atoms with Crippen LogP contribution < -0.4 is 5.73 Å². The van der Waals surface area contributed by atoms with Crippen molar-refractivity contribution >= 4 is 21.8 Å². The first kappa shape index (κ1) is 12.1. The third kappa shape index (κ3) is 2.74. The fraction of sp³-hybridized carbons (Fsp3) is 0.222. The molecule has 1 amide bonds. The molecule has 1 rings (SSSR count). The maximum Gasteiger partial charge on any atom is 0.249 e. The normalized spacial score (nSPS) is 14.7. The van der Waals surface area contributed by atoms with Gasteiger partial charge in [0.2, 0.25) is 5.91 Å². The van der Waals surface area contributed by atoms with Crippen LogP contribution in [-0.4, -0.2) is 22.2 Å². The van der Waals surface area contributed by atoms with E-state index in [4.69, 9.17) is 5.73 Å². The fourth-order valence-electron chi connectivity index (χ4n) is 1.07. The van der Waals surface area contributed by atoms with Crippen molar-refractivity contribution in [3.8, 4) is 0 Å². The zero-order chi connectivity index (χ0) is 11.6. The number of amides is 1. The highest BCUT2D eigenvalue weighted by Crippen LogP contribution is 2.26. The van der Waals surface area contributed by atoms with Crippen molar-refractivity contribution in [3.05, 3.63) is 34.1 Å². The molecule has 0 saturated carbocycles. The Morgan fingerprint density at radius 2 is 2.07 bits per heavy atom. The van der Waals surface area contributed by atoms with Crippen molar-refractivity contribution in [2.75, 3.05) is 0 Å². The van der Waals surface area contributed by atoms with Gasteiger partial charge in [-0.2, -0.15) is 0 Å². The number of halogens is 2. The molecule has 0 aliphatic carbocycles. The number of hydrogen-bond acceptors (Lipinski definition) is 3. The molecule has 0 bridgehead atoms. The predicted octanol–water partition coefficient (Wildman–Crippen LogP) is 0.468. The predicted molar refractivity (Wildman–Crippen MR) is 54.3 cm³/mol. The van der Waals surface area contributed by atoms with Gasteiger partial charge in [-0.25, -0.2) is 4.39 Å². The van der Waals surface area contributed by atoms with Crippen LogP contribution in [0.15, 0.2) is 22.7 Å². The van der Waals surface area contributed by atoms with E-state index in [0.29, 0.717) is 0 Å². The molecule has 0 radical (unpaired) electrons. The van der Waals surface area contributed by atoms with Gasteiger partial charge in [0.25, 0.3) is 0 Å². The molecule has 2 atom stereocenters. The van der Waals surface area contributed by atoms with Gasteiger partial charge in [-0.1, -0.05) is 22.0 Å². The summed E-state index contributed by atoms with van der Waals surface area (Å²) in [4.78, 5) is 10.6. The standard InChI is InChI=1S/C9H9BrFNO3/c10-6-3-4(11)1-2-5(6)7(13)8(14)9(12)15/h1-3,7-8,13-14H,(H2,12,15). The third-order valence-corrected chi connectivity index (χ3v) is 2.56. The van der Waals surface area contributed by atoms with Crippen LogP contribution in [0.3, 0.4) is 0 Å². The molecule has 0 aliphatic heterocycles. The van der Waals surface area contributed by atoms with Crippen molar-refractivity contribution in [1.82, 2.24) is 0 Å². The lowest BCUT2D eigenvalue weighted by atomic mass is 10.0. The molecule has 2 unspecified atom stereocenters. The number of aliphatic hydroxyl groups excluding tert-OH is 2. The van der Waals surface area contributed by atoms with Crippen LogP contribution in [0.1, 0.15) is 11.7 Å². The largest absolute Gasteiger partial charge is 0.385 e. The highest BCUT2D eigenvalue weighted by Gasteiger charge is 2.25. The number of carbonyl (C=O) groups is 1. The molecule has 4 nitrogen and oxygen atoms in total. The minimum atomic E-state index is -1.72. The van der Waals surface area contributed by atoms with Crippen molar-refractivity contribution in [2.24, 2.45) is 5.73 Å². The monoisotopic (exact) mass is 277 g/mol. The molecule has 4 N–H and O–H groups in total. The summed E-state index contributed by atoms with van der Waals surface area (Å²) in [6.45, 7) is 0. The van der Waals surface area contributed by atoms with Crippen LogP contribution in [0, 0.1) is 5.82 Å². The number of hydrogen-bond donors (Lipinski definition) is 3. The summed E-state index contributed by atoms with van der Waals surface area (Å²) < 4.78 is 13.0. The molecule has 0 aromatic heterocycles. The quantitative estimate of drug-likeness (QED) is 0.751. The number of aliphatic hydroxyl groups is 2. The van der Waals surface area contributed by atoms with E-state index in [1.165, 1.54) is 6.07 Å². The zero-order valence-electron chi connectivity index (χ0n) is 7.52. The second-order valence-corrected chi connectivity index (χ2v) is 3.81. The maximum atomic E-state index is 12.7. The van der Waals surface area contributed by atoms with Gasteiger partial charge in [-0.15, -0.1) is 0 Å². The summed E-state index contributed by atoms with van der Waals surface area (Å²) in [6.07, 6.45) is -3.19. The van der Waals surface area contributed by atoms with Crippen LogP contribution in [0.2, 0.25) is 0 Å². The molecule has 0 fully saturated rings. The summed E-state index contributed by atoms with van der Waals surface area (Å²) in [5.74, 6) is -1.54. The van der Waals surface area contributed by atoms with Gasteiger partial charge in [0.1, 0.15) is 11.9 Å². The van der Waals surface area contributed by atoms with Gasteiger partial charge in [-0.05, 0) is 17.7 Å². The van der Waals surface area contributed by atoms with Crippen molar-refractivity contribution in [1.29, 1.82) is 0 Å². The molecule has 0 heterocycles. The molecule has 0 spiro atoms. The third-order valence-electron chi connectivity index (χ3n) is 1.87. The Morgan fingerprint density at radius 3 is 2.53 bits per heavy atom. The van der Waals surface area contributed by atoms with Gasteiger partial charge >= 0.3 is 0 Å². The SMILES string of the molecule is NC(=O)C(O)C(O)c1ccc(F)cc1Br. The Bertz CT molecular complexity index is 386. The van der Waals surface area contributed by atoms with Crippen LogP contribution in [0.5, 0.6) is 0 Å². The topological polar surface area (TPSA) is 83.6 Å². The average Bonchev–Trinajstić information content (AvgIpc) is 2.15. The summed E-state index contributed by atoms with van der Waals surface area (Å²) in [5, 5.41) is 18.7. The summed E-state index contributed by atoms with van der Waals surface area (Å²) in [7, 11) is 0. The van der Waals surface area contributed by atoms with E-state index in [-0.39, 0.29) is 10.0 Å². The minimum Gasteiger partial charge on any atom is -0.385 e. The molecule has 6 heteroatoms. The lowest BCUT2D eigenvalue weighted by Gasteiger charge is -2.16. The van der Waals surface area contributed by atoms with E-state index >= 15 is 0 Å². The highest BCUT2D eigenvalue weighted by atomic mass is 79.9. The van der Waals surface area contributed by atoms with Crippen molar-refractivity contribution < 1.29 is 19.4 Å². The second-order valence-electron chi connectivity index (χ2n) is 2.96. The Balaban J connectivity index is 3.01. The smallest absolute Gasteiger partial charge is 0.249 e. The first-order valence-electron chi connectivity index (χ1n) is 4.04. The molecular formula is C9H9BrFNO3. The van der Waals surface area contributed by atoms with Gasteiger partial charge in [-0.3, -0.25) is 4.79 Å². The molecular weight excluding hydrogens is 269 g/mol. The van der Waals surface area contributed by atoms with E-state index in [2.05, 4.69) is 15.9 Å². The summed E-state index contributed by atoms with van der Waals surface area (Å²) in [6, 6.07) is 3.49. The Morgan fingerprint density at radius 1 is 1.47 bits per heavy atom. The average molecular weight is 278 g/mol. The van der Waals surface area contributed by atoms with Gasteiger partial charge in [0.15, 0.2) is 6.10 Å². The van der Waals surface area contributed by atoms with Gasteiger partial charge in [0.05, 0.1) is 0 Å². The molecule has 0 aliphatic rings. The van der Waals surface area contributed by atoms with Crippen LogP contribution in [-0.2, 0) is 4.79 Å². The number of carbonyl (C=O) groups excluding carboxylic acids is 1. The Kier molecular flexibility index (Phi) is 3.78. The maximum absolute atomic E-state index is 12.7. The van der Waals surface area contributed by atoms with Crippen LogP contribution >= 0.6 is 15.9 Å². The highest BCUT2D eigenvalue weighted by molar-refractivity contribution is 9.10. The second kappa shape index (κ2) is 4.69. The van der Waals surface area contributed by atoms with E-state index in [1.807, 2.05) is 0 Å². The lowest BCUT2D eigenvalue weighted by Crippen LogP contribution is -2.34. The molecule has 1 aromatic carbocycles. The number of primary amides is 1. The van der Waals surface area contributed by atoms with Crippen molar-refractivity contribution in [3.63, 3.8) is 0 Å². The van der Waals surface area contributed by atoms with Crippen LogP contribution in [0.4, 0.5) is 4.39 Å². The first-order chi connectivity index (χ1) is 6.93. The number of benzene rings is 1. The van der Waals surface area contributed by atoms with Gasteiger partial charge in [0, 0.05) is 4.47 Å². The Labute approximate surface area is 93.6 Å². The lowest BCUT2D eigenvalue weighted by molar-refractivity contribution is -0.132. The molecule has 82 valence electrons. The molecule has 1 aromatic rings. The fourth-order valence-corrected chi connectivity index (χ4v) is 1.65. The van der Waals surface area contributed by atoms with E-state index < -0.39 is 23.9 Å². The van der Waals surface area contributed by atoms with E-state index in [1.54, 1.807) is 0 Å². The summed E-state index contributed by atoms with van der Waals surface area (Å²) >= 11 is 3.00. The number of nitrogens with two attached hydrogens (primary N) is 1. The molecule has 15 heavy (non-hydrogen) atoms. The minimum absolute atomic E-state index is 0.197. The zero-order valence-corrected chi connectivity index (χ0v) is 9.11. The van der Waals surface area contributed by atoms with Gasteiger partial charge < -0.3 is 15.9 Å².